The molecular weight excluding hydrogens is 535 g/mol. The number of carbonyl (C=O) groups excluding carboxylic acids is 1. The zero-order chi connectivity index (χ0) is 29.0. The molecule has 1 aliphatic carbocycles. The average Bonchev–Trinajstić information content (AvgIpc) is 3.31. The minimum atomic E-state index is -3.90. The molecule has 3 aromatic rings. The van der Waals surface area contributed by atoms with Gasteiger partial charge in [-0.15, -0.1) is 0 Å². The van der Waals surface area contributed by atoms with E-state index in [0.717, 1.165) is 11.1 Å². The van der Waals surface area contributed by atoms with Crippen molar-refractivity contribution < 1.29 is 27.5 Å². The van der Waals surface area contributed by atoms with Gasteiger partial charge in [-0.3, -0.25) is 9.59 Å². The molecule has 2 atom stereocenters. The van der Waals surface area contributed by atoms with E-state index in [1.807, 2.05) is 20.8 Å². The van der Waals surface area contributed by atoms with Crippen molar-refractivity contribution in [3.05, 3.63) is 88.5 Å². The van der Waals surface area contributed by atoms with Gasteiger partial charge in [-0.2, -0.15) is 9.40 Å². The number of rotatable bonds is 6. The van der Waals surface area contributed by atoms with Gasteiger partial charge in [-0.25, -0.2) is 17.5 Å². The summed E-state index contributed by atoms with van der Waals surface area (Å²) < 4.78 is 43.8. The summed E-state index contributed by atoms with van der Waals surface area (Å²) in [5.41, 5.74) is 9.59. The highest BCUT2D eigenvalue weighted by Gasteiger charge is 2.45. The van der Waals surface area contributed by atoms with Gasteiger partial charge >= 0.3 is 5.97 Å². The normalized spacial score (nSPS) is 18.6. The highest BCUT2D eigenvalue weighted by Crippen LogP contribution is 2.45. The first-order valence-corrected chi connectivity index (χ1v) is 14.4. The Morgan fingerprint density at radius 2 is 1.75 bits per heavy atom. The molecule has 9 nitrogen and oxygen atoms in total. The fourth-order valence-corrected chi connectivity index (χ4v) is 7.05. The van der Waals surface area contributed by atoms with E-state index in [1.54, 1.807) is 41.1 Å². The fourth-order valence-electron chi connectivity index (χ4n) is 5.63. The second-order valence-electron chi connectivity index (χ2n) is 11.3. The summed E-state index contributed by atoms with van der Waals surface area (Å²) >= 11 is 0. The molecule has 1 aliphatic heterocycles. The third-order valence-electron chi connectivity index (χ3n) is 7.79. The van der Waals surface area contributed by atoms with Crippen LogP contribution < -0.4 is 5.73 Å². The smallest absolute Gasteiger partial charge is 0.317 e. The van der Waals surface area contributed by atoms with Gasteiger partial charge in [-0.05, 0) is 59.4 Å². The molecule has 1 amide bonds. The Kier molecular flexibility index (Phi) is 6.91. The Morgan fingerprint density at radius 3 is 2.33 bits per heavy atom. The number of nitrogens with two attached hydrogens (primary N) is 1. The molecule has 1 unspecified atom stereocenters. The minimum Gasteiger partial charge on any atom is -0.481 e. The topological polar surface area (TPSA) is 136 Å². The summed E-state index contributed by atoms with van der Waals surface area (Å²) in [4.78, 5) is 24.9. The number of sulfonamides is 1. The number of hydrogen-bond acceptors (Lipinski definition) is 5. The van der Waals surface area contributed by atoms with Crippen molar-refractivity contribution in [3.8, 4) is 5.69 Å². The maximum atomic E-state index is 13.7. The number of carboxylic acid groups (broad SMARTS) is 1. The van der Waals surface area contributed by atoms with E-state index in [2.05, 4.69) is 5.10 Å². The maximum Gasteiger partial charge on any atom is 0.317 e. The minimum absolute atomic E-state index is 0.0679. The van der Waals surface area contributed by atoms with Crippen molar-refractivity contribution in [1.29, 1.82) is 0 Å². The third-order valence-corrected chi connectivity index (χ3v) is 9.65. The molecule has 210 valence electrons. The molecule has 0 saturated heterocycles. The molecule has 1 aromatic heterocycles. The Morgan fingerprint density at radius 1 is 1.10 bits per heavy atom. The van der Waals surface area contributed by atoms with Crippen LogP contribution in [0.3, 0.4) is 0 Å². The molecular formula is C29H31FN4O5S. The first-order chi connectivity index (χ1) is 18.8. The van der Waals surface area contributed by atoms with Crippen LogP contribution in [0.15, 0.2) is 70.8 Å². The molecule has 11 heteroatoms. The molecule has 2 aliphatic rings. The molecule has 0 saturated carbocycles. The number of primary amides is 1. The van der Waals surface area contributed by atoms with E-state index in [0.29, 0.717) is 35.4 Å². The molecule has 2 aromatic carbocycles. The highest BCUT2D eigenvalue weighted by molar-refractivity contribution is 7.89. The number of amides is 1. The van der Waals surface area contributed by atoms with Gasteiger partial charge in [0, 0.05) is 31.0 Å². The number of aliphatic carboxylic acids is 1. The lowest BCUT2D eigenvalue weighted by Gasteiger charge is -2.38. The molecule has 0 fully saturated rings. The number of aromatic nitrogens is 2. The number of nitrogens with zero attached hydrogens (tertiary/aromatic N) is 3. The Hall–Kier alpha value is -3.83. The van der Waals surface area contributed by atoms with Crippen LogP contribution in [0.2, 0.25) is 0 Å². The predicted molar refractivity (Wildman–Crippen MR) is 146 cm³/mol. The molecule has 0 bridgehead atoms. The Balaban J connectivity index is 1.55. The molecule has 0 spiro atoms. The van der Waals surface area contributed by atoms with Crippen LogP contribution in [-0.4, -0.2) is 52.6 Å². The molecule has 2 heterocycles. The number of carbonyl (C=O) groups is 2. The first kappa shape index (κ1) is 27.7. The lowest BCUT2D eigenvalue weighted by atomic mass is 9.72. The van der Waals surface area contributed by atoms with Crippen LogP contribution in [0.25, 0.3) is 5.69 Å². The fraction of sp³-hybridized carbons (Fsp3) is 0.345. The van der Waals surface area contributed by atoms with E-state index in [-0.39, 0.29) is 23.4 Å². The van der Waals surface area contributed by atoms with Crippen molar-refractivity contribution >= 4 is 21.9 Å². The summed E-state index contributed by atoms with van der Waals surface area (Å²) in [6.07, 6.45) is 2.23. The largest absolute Gasteiger partial charge is 0.481 e. The number of benzene rings is 2. The van der Waals surface area contributed by atoms with Crippen molar-refractivity contribution in [2.75, 3.05) is 13.1 Å². The Labute approximate surface area is 232 Å². The summed E-state index contributed by atoms with van der Waals surface area (Å²) in [5.74, 6) is -5.45. The number of halogens is 1. The van der Waals surface area contributed by atoms with Gasteiger partial charge in [0.15, 0.2) is 0 Å². The van der Waals surface area contributed by atoms with Gasteiger partial charge in [-0.1, -0.05) is 38.5 Å². The number of hydrogen-bond donors (Lipinski definition) is 2. The van der Waals surface area contributed by atoms with E-state index in [4.69, 9.17) is 5.73 Å². The first-order valence-electron chi connectivity index (χ1n) is 13.0. The lowest BCUT2D eigenvalue weighted by Crippen LogP contribution is -2.44. The van der Waals surface area contributed by atoms with E-state index in [1.165, 1.54) is 22.6 Å². The maximum absolute atomic E-state index is 13.7. The van der Waals surface area contributed by atoms with Gasteiger partial charge in [0.25, 0.3) is 0 Å². The van der Waals surface area contributed by atoms with Crippen LogP contribution in [0.5, 0.6) is 0 Å². The SMILES string of the molecule is CC(C)(C)c1ccc(S(=O)(=O)N2CCC3=C(C2)[C@@H](C(C(N)=O)C(=O)O)c2cnn(-c4ccc(F)cc4)c2C3)cc1. The van der Waals surface area contributed by atoms with Crippen molar-refractivity contribution in [2.24, 2.45) is 11.7 Å². The van der Waals surface area contributed by atoms with Gasteiger partial charge in [0.05, 0.1) is 22.5 Å². The van der Waals surface area contributed by atoms with Crippen molar-refractivity contribution in [2.45, 2.75) is 49.8 Å². The highest BCUT2D eigenvalue weighted by atomic mass is 32.2. The molecule has 5 rings (SSSR count). The van der Waals surface area contributed by atoms with Gasteiger partial charge in [0.2, 0.25) is 15.9 Å². The monoisotopic (exact) mass is 566 g/mol. The lowest BCUT2D eigenvalue weighted by molar-refractivity contribution is -0.146. The van der Waals surface area contributed by atoms with Gasteiger partial charge in [0.1, 0.15) is 11.7 Å². The average molecular weight is 567 g/mol. The van der Waals surface area contributed by atoms with Crippen molar-refractivity contribution in [3.63, 3.8) is 0 Å². The quantitative estimate of drug-likeness (QED) is 0.346. The van der Waals surface area contributed by atoms with E-state index in [9.17, 15) is 27.5 Å². The van der Waals surface area contributed by atoms with Crippen LogP contribution in [0.4, 0.5) is 4.39 Å². The zero-order valence-corrected chi connectivity index (χ0v) is 23.3. The predicted octanol–water partition coefficient (Wildman–Crippen LogP) is 3.53. The van der Waals surface area contributed by atoms with Crippen LogP contribution in [0.1, 0.15) is 49.9 Å². The van der Waals surface area contributed by atoms with Crippen LogP contribution >= 0.6 is 0 Å². The van der Waals surface area contributed by atoms with Gasteiger partial charge < -0.3 is 10.8 Å². The molecule has 0 radical (unpaired) electrons. The summed E-state index contributed by atoms with van der Waals surface area (Å²) in [7, 11) is -3.90. The molecule has 40 heavy (non-hydrogen) atoms. The zero-order valence-electron chi connectivity index (χ0n) is 22.5. The summed E-state index contributed by atoms with van der Waals surface area (Å²) in [6, 6.07) is 12.5. The summed E-state index contributed by atoms with van der Waals surface area (Å²) in [5, 5.41) is 14.5. The van der Waals surface area contributed by atoms with Crippen LogP contribution in [-0.2, 0) is 31.4 Å². The van der Waals surface area contributed by atoms with Crippen LogP contribution in [0, 0.1) is 11.7 Å². The number of carboxylic acids is 1. The third kappa shape index (κ3) is 4.84. The summed E-state index contributed by atoms with van der Waals surface area (Å²) in [6.45, 7) is 6.26. The van der Waals surface area contributed by atoms with Crippen molar-refractivity contribution in [1.82, 2.24) is 14.1 Å². The second kappa shape index (κ2) is 9.97. The van der Waals surface area contributed by atoms with E-state index < -0.39 is 39.6 Å². The van der Waals surface area contributed by atoms with E-state index >= 15 is 0 Å². The standard InChI is InChI=1S/C29H31FN4O5S/c1-29(2,3)18-4-10-21(11-5-18)40(38,39)33-13-12-17-14-24-22(15-32-34(24)20-8-6-19(30)7-9-20)25(23(17)16-33)26(27(31)35)28(36)37/h4-11,15,25-26H,12-14,16H2,1-3H3,(H2,31,35)(H,36,37)/t25-,26?/m0/s1. The Bertz CT molecular complexity index is 1610. The molecule has 3 N–H and O–H groups in total. The number of fused-ring (bicyclic) bond motifs is 1. The second-order valence-corrected chi connectivity index (χ2v) is 13.2.